The normalized spacial score (nSPS) is 12.0. The van der Waals surface area contributed by atoms with Crippen molar-refractivity contribution in [3.63, 3.8) is 0 Å². The Kier molecular flexibility index (Phi) is 5.50. The Labute approximate surface area is 134 Å². The lowest BCUT2D eigenvalue weighted by atomic mass is 10.1. The maximum Gasteiger partial charge on any atom is 0.251 e. The van der Waals surface area contributed by atoms with Crippen molar-refractivity contribution < 1.29 is 9.00 Å². The van der Waals surface area contributed by atoms with Crippen LogP contribution in [0.4, 0.5) is 0 Å². The van der Waals surface area contributed by atoms with Gasteiger partial charge in [-0.1, -0.05) is 35.9 Å². The molecule has 2 aromatic carbocycles. The Morgan fingerprint density at radius 3 is 2.59 bits per heavy atom. The predicted octanol–water partition coefficient (Wildman–Crippen LogP) is 3.11. The smallest absolute Gasteiger partial charge is 0.251 e. The van der Waals surface area contributed by atoms with E-state index in [1.165, 1.54) is 11.1 Å². The van der Waals surface area contributed by atoms with Crippen molar-refractivity contribution in [1.82, 2.24) is 5.32 Å². The molecule has 1 N–H and O–H groups in total. The minimum atomic E-state index is -0.909. The number of carbonyl (C=O) groups is 1. The SMILES string of the molecule is Cc1ccc(CNC(=O)c2cccc(CS(C)=O)c2)c(C)c1. The van der Waals surface area contributed by atoms with Gasteiger partial charge in [-0.05, 0) is 42.7 Å². The van der Waals surface area contributed by atoms with E-state index >= 15 is 0 Å². The van der Waals surface area contributed by atoms with E-state index in [1.807, 2.05) is 31.2 Å². The van der Waals surface area contributed by atoms with Crippen LogP contribution in [0.5, 0.6) is 0 Å². The molecule has 1 atom stereocenters. The molecule has 4 heteroatoms. The third-order valence-corrected chi connectivity index (χ3v) is 4.24. The Morgan fingerprint density at radius 2 is 1.91 bits per heavy atom. The first kappa shape index (κ1) is 16.4. The first-order chi connectivity index (χ1) is 10.5. The third kappa shape index (κ3) is 4.53. The summed E-state index contributed by atoms with van der Waals surface area (Å²) in [5.74, 6) is 0.363. The number of benzene rings is 2. The van der Waals surface area contributed by atoms with Gasteiger partial charge in [0.15, 0.2) is 0 Å². The van der Waals surface area contributed by atoms with Gasteiger partial charge in [-0.25, -0.2) is 0 Å². The average Bonchev–Trinajstić information content (AvgIpc) is 2.45. The molecule has 0 saturated heterocycles. The summed E-state index contributed by atoms with van der Waals surface area (Å²) in [6.45, 7) is 4.61. The van der Waals surface area contributed by atoms with Gasteiger partial charge in [0.2, 0.25) is 0 Å². The highest BCUT2D eigenvalue weighted by Crippen LogP contribution is 2.11. The largest absolute Gasteiger partial charge is 0.348 e. The van der Waals surface area contributed by atoms with Crippen LogP contribution in [0.15, 0.2) is 42.5 Å². The number of rotatable bonds is 5. The van der Waals surface area contributed by atoms with Gasteiger partial charge in [0.1, 0.15) is 0 Å². The molecule has 2 rings (SSSR count). The topological polar surface area (TPSA) is 46.2 Å². The molecule has 0 aliphatic rings. The fraction of sp³-hybridized carbons (Fsp3) is 0.278. The van der Waals surface area contributed by atoms with Crippen LogP contribution in [0.25, 0.3) is 0 Å². The average molecular weight is 315 g/mol. The standard InChI is InChI=1S/C18H21NO2S/c1-13-7-8-17(14(2)9-13)11-19-18(20)16-6-4-5-15(10-16)12-22(3)21/h4-10H,11-12H2,1-3H3,(H,19,20). The number of amides is 1. The van der Waals surface area contributed by atoms with Crippen LogP contribution < -0.4 is 5.32 Å². The summed E-state index contributed by atoms with van der Waals surface area (Å²) in [4.78, 5) is 12.2. The van der Waals surface area contributed by atoms with Gasteiger partial charge in [0.05, 0.1) is 0 Å². The van der Waals surface area contributed by atoms with Crippen molar-refractivity contribution in [3.05, 3.63) is 70.3 Å². The number of aryl methyl sites for hydroxylation is 2. The van der Waals surface area contributed by atoms with Crippen LogP contribution >= 0.6 is 0 Å². The van der Waals surface area contributed by atoms with Crippen LogP contribution in [0.1, 0.15) is 32.6 Å². The summed E-state index contributed by atoms with van der Waals surface area (Å²) in [6, 6.07) is 13.5. The lowest BCUT2D eigenvalue weighted by molar-refractivity contribution is 0.0951. The molecule has 1 amide bonds. The maximum absolute atomic E-state index is 12.2. The summed E-state index contributed by atoms with van der Waals surface area (Å²) in [5, 5.41) is 2.94. The summed E-state index contributed by atoms with van der Waals surface area (Å²) < 4.78 is 11.3. The summed E-state index contributed by atoms with van der Waals surface area (Å²) >= 11 is 0. The Bertz CT molecular complexity index is 710. The van der Waals surface area contributed by atoms with E-state index in [1.54, 1.807) is 18.4 Å². The fourth-order valence-electron chi connectivity index (χ4n) is 2.36. The second-order valence-electron chi connectivity index (χ2n) is 5.53. The van der Waals surface area contributed by atoms with Gasteiger partial charge >= 0.3 is 0 Å². The highest BCUT2D eigenvalue weighted by atomic mass is 32.2. The minimum Gasteiger partial charge on any atom is -0.348 e. The maximum atomic E-state index is 12.2. The molecule has 2 aromatic rings. The molecule has 116 valence electrons. The minimum absolute atomic E-state index is 0.108. The summed E-state index contributed by atoms with van der Waals surface area (Å²) in [5.41, 5.74) is 5.03. The predicted molar refractivity (Wildman–Crippen MR) is 91.3 cm³/mol. The zero-order chi connectivity index (χ0) is 16.1. The molecule has 0 aliphatic carbocycles. The van der Waals surface area contributed by atoms with Crippen molar-refractivity contribution in [2.75, 3.05) is 6.26 Å². The van der Waals surface area contributed by atoms with E-state index in [-0.39, 0.29) is 5.91 Å². The van der Waals surface area contributed by atoms with Gasteiger partial charge < -0.3 is 5.32 Å². The van der Waals surface area contributed by atoms with Crippen LogP contribution in [0.3, 0.4) is 0 Å². The zero-order valence-corrected chi connectivity index (χ0v) is 14.0. The van der Waals surface area contributed by atoms with Gasteiger partial charge in [-0.2, -0.15) is 0 Å². The number of hydrogen-bond acceptors (Lipinski definition) is 2. The fourth-order valence-corrected chi connectivity index (χ4v) is 3.01. The molecule has 0 spiro atoms. The van der Waals surface area contributed by atoms with Crippen LogP contribution in [0.2, 0.25) is 0 Å². The molecule has 0 aliphatic heterocycles. The molecule has 3 nitrogen and oxygen atoms in total. The molecule has 0 saturated carbocycles. The molecule has 1 unspecified atom stereocenters. The Hall–Kier alpha value is -1.94. The first-order valence-corrected chi connectivity index (χ1v) is 8.91. The van der Waals surface area contributed by atoms with Crippen LogP contribution in [-0.2, 0) is 23.1 Å². The zero-order valence-electron chi connectivity index (χ0n) is 13.2. The molecule has 22 heavy (non-hydrogen) atoms. The molecular formula is C18H21NO2S. The van der Waals surface area contributed by atoms with Gasteiger partial charge in [-0.15, -0.1) is 0 Å². The molecule has 0 heterocycles. The monoisotopic (exact) mass is 315 g/mol. The highest BCUT2D eigenvalue weighted by Gasteiger charge is 2.07. The van der Waals surface area contributed by atoms with Crippen LogP contribution in [0, 0.1) is 13.8 Å². The third-order valence-electron chi connectivity index (χ3n) is 3.50. The molecule has 0 radical (unpaired) electrons. The second kappa shape index (κ2) is 7.36. The lowest BCUT2D eigenvalue weighted by Crippen LogP contribution is -2.23. The Balaban J connectivity index is 2.04. The van der Waals surface area contributed by atoms with E-state index in [0.29, 0.717) is 17.9 Å². The quantitative estimate of drug-likeness (QED) is 0.921. The molecule has 0 fully saturated rings. The van der Waals surface area contributed by atoms with E-state index in [9.17, 15) is 9.00 Å². The molecular weight excluding hydrogens is 294 g/mol. The number of carbonyl (C=O) groups excluding carboxylic acids is 1. The lowest BCUT2D eigenvalue weighted by Gasteiger charge is -2.09. The summed E-state index contributed by atoms with van der Waals surface area (Å²) in [6.07, 6.45) is 1.66. The van der Waals surface area contributed by atoms with Crippen molar-refractivity contribution in [3.8, 4) is 0 Å². The van der Waals surface area contributed by atoms with Gasteiger partial charge in [-0.3, -0.25) is 9.00 Å². The van der Waals surface area contributed by atoms with Crippen molar-refractivity contribution in [2.45, 2.75) is 26.1 Å². The Morgan fingerprint density at radius 1 is 1.14 bits per heavy atom. The van der Waals surface area contributed by atoms with E-state index in [2.05, 4.69) is 18.3 Å². The van der Waals surface area contributed by atoms with E-state index in [0.717, 1.165) is 11.1 Å². The van der Waals surface area contributed by atoms with Crippen molar-refractivity contribution in [1.29, 1.82) is 0 Å². The molecule has 0 aromatic heterocycles. The van der Waals surface area contributed by atoms with Gasteiger partial charge in [0.25, 0.3) is 5.91 Å². The first-order valence-electron chi connectivity index (χ1n) is 7.19. The van der Waals surface area contributed by atoms with E-state index < -0.39 is 10.8 Å². The number of nitrogens with one attached hydrogen (secondary N) is 1. The highest BCUT2D eigenvalue weighted by molar-refractivity contribution is 7.83. The van der Waals surface area contributed by atoms with Crippen molar-refractivity contribution in [2.24, 2.45) is 0 Å². The second-order valence-corrected chi connectivity index (χ2v) is 6.97. The number of hydrogen-bond donors (Lipinski definition) is 1. The van der Waals surface area contributed by atoms with Crippen LogP contribution in [-0.4, -0.2) is 16.4 Å². The summed E-state index contributed by atoms with van der Waals surface area (Å²) in [7, 11) is -0.909. The molecule has 0 bridgehead atoms. The van der Waals surface area contributed by atoms with Crippen molar-refractivity contribution >= 4 is 16.7 Å². The van der Waals surface area contributed by atoms with Gasteiger partial charge in [0, 0.05) is 34.9 Å². The van der Waals surface area contributed by atoms with E-state index in [4.69, 9.17) is 0 Å².